The molecular formula is C22H17F2N5O2. The molecule has 0 aliphatic rings. The van der Waals surface area contributed by atoms with E-state index in [4.69, 9.17) is 4.52 Å². The summed E-state index contributed by atoms with van der Waals surface area (Å²) < 4.78 is 35.7. The normalized spacial score (nSPS) is 12.6. The Morgan fingerprint density at radius 2 is 1.81 bits per heavy atom. The van der Waals surface area contributed by atoms with Gasteiger partial charge in [0.25, 0.3) is 11.4 Å². The molecule has 0 amide bonds. The van der Waals surface area contributed by atoms with Gasteiger partial charge >= 0.3 is 0 Å². The SMILES string of the molecule is CCC(C)n1c(=O)c2c(-c3noc(-c4ccc(F)cc4)n3)ncn2c2ccc(F)cc21. The van der Waals surface area contributed by atoms with Crippen molar-refractivity contribution in [2.75, 3.05) is 0 Å². The van der Waals surface area contributed by atoms with E-state index >= 15 is 0 Å². The van der Waals surface area contributed by atoms with E-state index in [1.165, 1.54) is 42.7 Å². The average Bonchev–Trinajstić information content (AvgIpc) is 3.41. The van der Waals surface area contributed by atoms with Gasteiger partial charge in [0.05, 0.1) is 11.0 Å². The van der Waals surface area contributed by atoms with Crippen LogP contribution in [0.4, 0.5) is 8.78 Å². The second-order valence-corrected chi connectivity index (χ2v) is 7.31. The van der Waals surface area contributed by atoms with Crippen LogP contribution in [-0.2, 0) is 0 Å². The molecule has 0 bridgehead atoms. The number of rotatable bonds is 4. The minimum absolute atomic E-state index is 0.135. The number of aromatic nitrogens is 5. The number of nitrogens with zero attached hydrogens (tertiary/aromatic N) is 5. The summed E-state index contributed by atoms with van der Waals surface area (Å²) in [5, 5.41) is 3.97. The van der Waals surface area contributed by atoms with Crippen molar-refractivity contribution in [1.82, 2.24) is 24.1 Å². The lowest BCUT2D eigenvalue weighted by Gasteiger charge is -2.17. The first-order valence-electron chi connectivity index (χ1n) is 9.78. The molecule has 0 aliphatic carbocycles. The predicted molar refractivity (Wildman–Crippen MR) is 111 cm³/mol. The molecule has 5 aromatic rings. The molecule has 0 aliphatic heterocycles. The van der Waals surface area contributed by atoms with E-state index < -0.39 is 5.82 Å². The third-order valence-electron chi connectivity index (χ3n) is 5.41. The Hall–Kier alpha value is -3.88. The molecule has 7 nitrogen and oxygen atoms in total. The second-order valence-electron chi connectivity index (χ2n) is 7.31. The molecule has 3 aromatic heterocycles. The molecule has 0 saturated heterocycles. The zero-order chi connectivity index (χ0) is 21.7. The first-order valence-corrected chi connectivity index (χ1v) is 9.78. The van der Waals surface area contributed by atoms with Gasteiger partial charge in [-0.3, -0.25) is 9.20 Å². The van der Waals surface area contributed by atoms with E-state index in [9.17, 15) is 13.6 Å². The standard InChI is InChI=1S/C22H17F2N5O2/c1-3-12(2)29-17-10-15(24)8-9-16(17)28-11-25-18(19(28)22(29)30)20-26-21(31-27-20)13-4-6-14(23)7-5-13/h4-12H,3H2,1-2H3. The van der Waals surface area contributed by atoms with Crippen LogP contribution in [0, 0.1) is 11.6 Å². The molecule has 3 heterocycles. The van der Waals surface area contributed by atoms with Gasteiger partial charge in [0.1, 0.15) is 29.2 Å². The highest BCUT2D eigenvalue weighted by atomic mass is 19.1. The van der Waals surface area contributed by atoms with Crippen molar-refractivity contribution in [3.05, 3.63) is 70.8 Å². The van der Waals surface area contributed by atoms with Gasteiger partial charge in [-0.2, -0.15) is 4.98 Å². The number of hydrogen-bond acceptors (Lipinski definition) is 5. The van der Waals surface area contributed by atoms with Crippen LogP contribution in [0.5, 0.6) is 0 Å². The number of imidazole rings is 1. The lowest BCUT2D eigenvalue weighted by Crippen LogP contribution is -2.25. The topological polar surface area (TPSA) is 78.2 Å². The van der Waals surface area contributed by atoms with Gasteiger partial charge in [-0.1, -0.05) is 12.1 Å². The third-order valence-corrected chi connectivity index (χ3v) is 5.41. The minimum Gasteiger partial charge on any atom is -0.334 e. The molecule has 1 unspecified atom stereocenters. The fraction of sp³-hybridized carbons (Fsp3) is 0.182. The second kappa shape index (κ2) is 7.12. The van der Waals surface area contributed by atoms with E-state index in [1.54, 1.807) is 15.0 Å². The van der Waals surface area contributed by atoms with Gasteiger partial charge in [-0.05, 0) is 55.8 Å². The molecule has 31 heavy (non-hydrogen) atoms. The van der Waals surface area contributed by atoms with Crippen LogP contribution in [-0.4, -0.2) is 24.1 Å². The van der Waals surface area contributed by atoms with Crippen LogP contribution in [0.1, 0.15) is 26.3 Å². The molecule has 0 fully saturated rings. The molecule has 5 rings (SSSR count). The van der Waals surface area contributed by atoms with Gasteiger partial charge in [-0.15, -0.1) is 0 Å². The first-order chi connectivity index (χ1) is 15.0. The van der Waals surface area contributed by atoms with Gasteiger partial charge in [0.2, 0.25) is 5.82 Å². The van der Waals surface area contributed by atoms with E-state index in [0.29, 0.717) is 23.0 Å². The predicted octanol–water partition coefficient (Wildman–Crippen LogP) is 4.62. The summed E-state index contributed by atoms with van der Waals surface area (Å²) in [5.41, 5.74) is 1.86. The first kappa shape index (κ1) is 19.1. The van der Waals surface area contributed by atoms with Crippen molar-refractivity contribution >= 4 is 16.6 Å². The highest BCUT2D eigenvalue weighted by Crippen LogP contribution is 2.27. The molecule has 2 aromatic carbocycles. The molecule has 1 atom stereocenters. The van der Waals surface area contributed by atoms with Crippen LogP contribution >= 0.6 is 0 Å². The fourth-order valence-electron chi connectivity index (χ4n) is 3.67. The Balaban J connectivity index is 1.76. The average molecular weight is 421 g/mol. The summed E-state index contributed by atoms with van der Waals surface area (Å²) >= 11 is 0. The van der Waals surface area contributed by atoms with Crippen molar-refractivity contribution in [3.8, 4) is 23.0 Å². The van der Waals surface area contributed by atoms with Crippen LogP contribution in [0.15, 0.2) is 58.1 Å². The summed E-state index contributed by atoms with van der Waals surface area (Å²) in [4.78, 5) is 22.2. The molecule has 0 spiro atoms. The molecule has 0 radical (unpaired) electrons. The van der Waals surface area contributed by atoms with E-state index in [0.717, 1.165) is 0 Å². The molecule has 0 saturated carbocycles. The summed E-state index contributed by atoms with van der Waals surface area (Å²) in [7, 11) is 0. The van der Waals surface area contributed by atoms with E-state index in [2.05, 4.69) is 15.1 Å². The number of benzene rings is 2. The van der Waals surface area contributed by atoms with Crippen LogP contribution in [0.25, 0.3) is 39.5 Å². The maximum atomic E-state index is 14.0. The van der Waals surface area contributed by atoms with Crippen molar-refractivity contribution in [1.29, 1.82) is 0 Å². The van der Waals surface area contributed by atoms with Gasteiger partial charge < -0.3 is 9.09 Å². The lowest BCUT2D eigenvalue weighted by molar-refractivity contribution is 0.432. The zero-order valence-electron chi connectivity index (χ0n) is 16.7. The van der Waals surface area contributed by atoms with Crippen molar-refractivity contribution < 1.29 is 13.3 Å². The Morgan fingerprint density at radius 3 is 2.55 bits per heavy atom. The Labute approximate surface area is 174 Å². The Morgan fingerprint density at radius 1 is 1.06 bits per heavy atom. The van der Waals surface area contributed by atoms with Crippen LogP contribution < -0.4 is 5.56 Å². The van der Waals surface area contributed by atoms with E-state index in [-0.39, 0.29) is 40.3 Å². The smallest absolute Gasteiger partial charge is 0.278 e. The maximum Gasteiger partial charge on any atom is 0.278 e. The van der Waals surface area contributed by atoms with Crippen LogP contribution in [0.2, 0.25) is 0 Å². The fourth-order valence-corrected chi connectivity index (χ4v) is 3.67. The number of fused-ring (bicyclic) bond motifs is 3. The van der Waals surface area contributed by atoms with Crippen molar-refractivity contribution in [2.45, 2.75) is 26.3 Å². The monoisotopic (exact) mass is 421 g/mol. The lowest BCUT2D eigenvalue weighted by atomic mass is 10.2. The number of halogens is 2. The Bertz CT molecular complexity index is 1480. The van der Waals surface area contributed by atoms with Gasteiger partial charge in [-0.25, -0.2) is 13.8 Å². The highest BCUT2D eigenvalue weighted by molar-refractivity contribution is 5.84. The Kier molecular flexibility index (Phi) is 4.39. The van der Waals surface area contributed by atoms with Gasteiger partial charge in [0, 0.05) is 11.6 Å². The van der Waals surface area contributed by atoms with Crippen molar-refractivity contribution in [3.63, 3.8) is 0 Å². The quantitative estimate of drug-likeness (QED) is 0.423. The summed E-state index contributed by atoms with van der Waals surface area (Å²) in [6.07, 6.45) is 2.17. The van der Waals surface area contributed by atoms with Crippen LogP contribution in [0.3, 0.4) is 0 Å². The summed E-state index contributed by atoms with van der Waals surface area (Å²) in [5.74, 6) is -0.486. The van der Waals surface area contributed by atoms with Gasteiger partial charge in [0.15, 0.2) is 0 Å². The molecule has 0 N–H and O–H groups in total. The highest BCUT2D eigenvalue weighted by Gasteiger charge is 2.22. The number of hydrogen-bond donors (Lipinski definition) is 0. The third kappa shape index (κ3) is 3.00. The van der Waals surface area contributed by atoms with Crippen molar-refractivity contribution in [2.24, 2.45) is 0 Å². The largest absolute Gasteiger partial charge is 0.334 e. The maximum absolute atomic E-state index is 14.0. The van der Waals surface area contributed by atoms with E-state index in [1.807, 2.05) is 13.8 Å². The summed E-state index contributed by atoms with van der Waals surface area (Å²) in [6, 6.07) is 9.77. The molecule has 9 heteroatoms. The molecule has 156 valence electrons. The zero-order valence-corrected chi connectivity index (χ0v) is 16.7. The summed E-state index contributed by atoms with van der Waals surface area (Å²) in [6.45, 7) is 3.86. The molecular weight excluding hydrogens is 404 g/mol. The minimum atomic E-state index is -0.425.